The lowest BCUT2D eigenvalue weighted by Crippen LogP contribution is -2.55. The van der Waals surface area contributed by atoms with Gasteiger partial charge in [0, 0.05) is 22.2 Å². The zero-order chi connectivity index (χ0) is 13.8. The molecule has 0 aliphatic rings. The third kappa shape index (κ3) is 3.82. The second-order valence-corrected chi connectivity index (χ2v) is 6.33. The molecule has 0 spiro atoms. The molecule has 0 aliphatic carbocycles. The van der Waals surface area contributed by atoms with E-state index in [4.69, 9.17) is 5.73 Å². The molecule has 0 saturated carbocycles. The number of hydrogen-bond acceptors (Lipinski definition) is 3. The number of nitrogens with one attached hydrogen (secondary N) is 1. The molecule has 0 radical (unpaired) electrons. The monoisotopic (exact) mass is 268 g/mol. The van der Waals surface area contributed by atoms with E-state index in [2.05, 4.69) is 24.4 Å². The van der Waals surface area contributed by atoms with Crippen LogP contribution in [0.4, 0.5) is 0 Å². The van der Waals surface area contributed by atoms with Crippen LogP contribution in [0.5, 0.6) is 0 Å². The molecule has 0 bridgehead atoms. The normalized spacial score (nSPS) is 13.4. The van der Waals surface area contributed by atoms with Crippen molar-refractivity contribution in [3.05, 3.63) is 21.9 Å². The van der Waals surface area contributed by atoms with Crippen LogP contribution < -0.4 is 11.1 Å². The Bertz CT molecular complexity index is 396. The van der Waals surface area contributed by atoms with Gasteiger partial charge in [-0.25, -0.2) is 0 Å². The smallest absolute Gasteiger partial charge is 0.240 e. The third-order valence-corrected chi connectivity index (χ3v) is 4.42. The lowest BCUT2D eigenvalue weighted by Gasteiger charge is -2.27. The summed E-state index contributed by atoms with van der Waals surface area (Å²) in [5.41, 5.74) is 5.35. The Morgan fingerprint density at radius 3 is 2.50 bits per heavy atom. The van der Waals surface area contributed by atoms with Gasteiger partial charge in [-0.1, -0.05) is 13.8 Å². The maximum absolute atomic E-state index is 12.1. The summed E-state index contributed by atoms with van der Waals surface area (Å²) in [7, 11) is 0. The highest BCUT2D eigenvalue weighted by molar-refractivity contribution is 7.11. The van der Waals surface area contributed by atoms with Gasteiger partial charge in [-0.05, 0) is 38.8 Å². The number of hydrogen-bond donors (Lipinski definition) is 2. The third-order valence-electron chi connectivity index (χ3n) is 3.39. The van der Waals surface area contributed by atoms with E-state index in [1.54, 1.807) is 11.3 Å². The topological polar surface area (TPSA) is 55.1 Å². The molecule has 0 aliphatic heterocycles. The predicted molar refractivity (Wildman–Crippen MR) is 77.9 cm³/mol. The number of carbonyl (C=O) groups is 1. The zero-order valence-corrected chi connectivity index (χ0v) is 12.6. The Morgan fingerprint density at radius 1 is 1.44 bits per heavy atom. The highest BCUT2D eigenvalue weighted by Crippen LogP contribution is 2.17. The lowest BCUT2D eigenvalue weighted by molar-refractivity contribution is -0.127. The van der Waals surface area contributed by atoms with Crippen LogP contribution in [-0.2, 0) is 11.2 Å². The first-order valence-electron chi connectivity index (χ1n) is 6.56. The van der Waals surface area contributed by atoms with Gasteiger partial charge in [-0.2, -0.15) is 0 Å². The van der Waals surface area contributed by atoms with E-state index in [0.717, 1.165) is 6.42 Å². The van der Waals surface area contributed by atoms with Crippen molar-refractivity contribution < 1.29 is 4.79 Å². The van der Waals surface area contributed by atoms with Crippen LogP contribution in [0, 0.1) is 6.92 Å². The first-order valence-corrected chi connectivity index (χ1v) is 7.38. The Labute approximate surface area is 114 Å². The first kappa shape index (κ1) is 15.2. The largest absolute Gasteiger partial charge is 0.352 e. The van der Waals surface area contributed by atoms with E-state index in [1.807, 2.05) is 20.8 Å². The number of nitrogens with two attached hydrogens (primary N) is 1. The highest BCUT2D eigenvalue weighted by atomic mass is 32.1. The average molecular weight is 268 g/mol. The quantitative estimate of drug-likeness (QED) is 0.833. The van der Waals surface area contributed by atoms with E-state index in [1.165, 1.54) is 9.75 Å². The SMILES string of the molecule is CCC(N)(CC)C(=O)NC(C)Cc1ccc(C)s1. The molecule has 4 heteroatoms. The molecule has 1 atom stereocenters. The van der Waals surface area contributed by atoms with Crippen LogP contribution in [0.15, 0.2) is 12.1 Å². The van der Waals surface area contributed by atoms with E-state index >= 15 is 0 Å². The Kier molecular flexibility index (Phi) is 5.35. The summed E-state index contributed by atoms with van der Waals surface area (Å²) in [5.74, 6) is -0.0340. The molecule has 3 nitrogen and oxygen atoms in total. The van der Waals surface area contributed by atoms with Crippen molar-refractivity contribution in [1.29, 1.82) is 0 Å². The molecule has 1 unspecified atom stereocenters. The van der Waals surface area contributed by atoms with Gasteiger partial charge in [0.25, 0.3) is 0 Å². The van der Waals surface area contributed by atoms with E-state index in [9.17, 15) is 4.79 Å². The summed E-state index contributed by atoms with van der Waals surface area (Å²) < 4.78 is 0. The molecule has 18 heavy (non-hydrogen) atoms. The van der Waals surface area contributed by atoms with Crippen LogP contribution >= 0.6 is 11.3 Å². The molecule has 1 rings (SSSR count). The predicted octanol–water partition coefficient (Wildman–Crippen LogP) is 2.62. The van der Waals surface area contributed by atoms with Crippen molar-refractivity contribution in [1.82, 2.24) is 5.32 Å². The van der Waals surface area contributed by atoms with Crippen LogP contribution in [0.1, 0.15) is 43.4 Å². The van der Waals surface area contributed by atoms with Gasteiger partial charge in [-0.15, -0.1) is 11.3 Å². The van der Waals surface area contributed by atoms with Gasteiger partial charge in [0.05, 0.1) is 5.54 Å². The summed E-state index contributed by atoms with van der Waals surface area (Å²) in [4.78, 5) is 14.7. The van der Waals surface area contributed by atoms with Gasteiger partial charge in [-0.3, -0.25) is 4.79 Å². The Hall–Kier alpha value is -0.870. The van der Waals surface area contributed by atoms with Crippen LogP contribution in [-0.4, -0.2) is 17.5 Å². The van der Waals surface area contributed by atoms with Crippen LogP contribution in [0.2, 0.25) is 0 Å². The maximum atomic E-state index is 12.1. The molecule has 0 saturated heterocycles. The summed E-state index contributed by atoms with van der Waals surface area (Å²) >= 11 is 1.78. The fourth-order valence-electron chi connectivity index (χ4n) is 1.89. The molecule has 1 heterocycles. The first-order chi connectivity index (χ1) is 8.41. The second kappa shape index (κ2) is 6.34. The fourth-order valence-corrected chi connectivity index (χ4v) is 2.91. The van der Waals surface area contributed by atoms with Crippen molar-refractivity contribution >= 4 is 17.2 Å². The van der Waals surface area contributed by atoms with E-state index in [-0.39, 0.29) is 11.9 Å². The van der Waals surface area contributed by atoms with Crippen molar-refractivity contribution in [2.24, 2.45) is 5.73 Å². The van der Waals surface area contributed by atoms with E-state index < -0.39 is 5.54 Å². The van der Waals surface area contributed by atoms with Gasteiger partial charge < -0.3 is 11.1 Å². The van der Waals surface area contributed by atoms with Crippen molar-refractivity contribution in [2.75, 3.05) is 0 Å². The van der Waals surface area contributed by atoms with Gasteiger partial charge in [0.1, 0.15) is 0 Å². The molecule has 1 amide bonds. The van der Waals surface area contributed by atoms with Crippen LogP contribution in [0.25, 0.3) is 0 Å². The van der Waals surface area contributed by atoms with Gasteiger partial charge in [0.15, 0.2) is 0 Å². The summed E-state index contributed by atoms with van der Waals surface area (Å²) in [6.45, 7) is 8.03. The number of thiophene rings is 1. The minimum Gasteiger partial charge on any atom is -0.352 e. The molecule has 0 fully saturated rings. The highest BCUT2D eigenvalue weighted by Gasteiger charge is 2.30. The molecule has 102 valence electrons. The fraction of sp³-hybridized carbons (Fsp3) is 0.643. The summed E-state index contributed by atoms with van der Waals surface area (Å²) in [6.07, 6.45) is 2.20. The standard InChI is InChI=1S/C14H24N2OS/c1-5-14(15,6-2)13(17)16-10(3)9-12-8-7-11(4)18-12/h7-8,10H,5-6,9,15H2,1-4H3,(H,16,17). The Balaban J connectivity index is 2.54. The number of carbonyl (C=O) groups excluding carboxylic acids is 1. The molecular formula is C14H24N2OS. The van der Waals surface area contributed by atoms with Crippen molar-refractivity contribution in [3.8, 4) is 0 Å². The molecule has 1 aromatic heterocycles. The number of amides is 1. The average Bonchev–Trinajstić information content (AvgIpc) is 2.73. The van der Waals surface area contributed by atoms with Crippen molar-refractivity contribution in [3.63, 3.8) is 0 Å². The molecule has 0 aromatic carbocycles. The zero-order valence-electron chi connectivity index (χ0n) is 11.7. The van der Waals surface area contributed by atoms with Gasteiger partial charge >= 0.3 is 0 Å². The number of aryl methyl sites for hydroxylation is 1. The Morgan fingerprint density at radius 2 is 2.06 bits per heavy atom. The number of rotatable bonds is 6. The van der Waals surface area contributed by atoms with Crippen molar-refractivity contribution in [2.45, 2.75) is 58.5 Å². The second-order valence-electron chi connectivity index (χ2n) is 4.95. The molecule has 1 aromatic rings. The minimum absolute atomic E-state index is 0.0340. The lowest BCUT2D eigenvalue weighted by atomic mass is 9.93. The van der Waals surface area contributed by atoms with Crippen LogP contribution in [0.3, 0.4) is 0 Å². The maximum Gasteiger partial charge on any atom is 0.240 e. The molecular weight excluding hydrogens is 244 g/mol. The minimum atomic E-state index is -0.723. The molecule has 3 N–H and O–H groups in total. The summed E-state index contributed by atoms with van der Waals surface area (Å²) in [5, 5.41) is 3.02. The summed E-state index contributed by atoms with van der Waals surface area (Å²) in [6, 6.07) is 4.36. The van der Waals surface area contributed by atoms with E-state index in [0.29, 0.717) is 12.8 Å². The van der Waals surface area contributed by atoms with Gasteiger partial charge in [0.2, 0.25) is 5.91 Å².